The zero-order valence-corrected chi connectivity index (χ0v) is 13.3. The number of nitrogens with two attached hydrogens (primary N) is 1. The zero-order valence-electron chi connectivity index (χ0n) is 11.6. The van der Waals surface area contributed by atoms with E-state index in [1.165, 1.54) is 0 Å². The topological polar surface area (TPSA) is 106 Å². The number of hydrogen-bond acceptors (Lipinski definition) is 4. The van der Waals surface area contributed by atoms with Crippen LogP contribution >= 0.6 is 0 Å². The SMILES string of the molecule is CC(C)(NS(=O)(=O)c1ccc(S(N)(=O)=O)cc1F)C1CC1. The average molecular weight is 336 g/mol. The molecule has 3 N–H and O–H groups in total. The standard InChI is InChI=1S/C12H17FN2O4S2/c1-12(2,8-3-4-8)15-21(18,19)11-6-5-9(7-10(11)13)20(14,16)17/h5-8,15H,3-4H2,1-2H3,(H2,14,16,17). The predicted molar refractivity (Wildman–Crippen MR) is 74.9 cm³/mol. The van der Waals surface area contributed by atoms with Crippen molar-refractivity contribution in [3.05, 3.63) is 24.0 Å². The smallest absolute Gasteiger partial charge is 0.225 e. The quantitative estimate of drug-likeness (QED) is 0.834. The summed E-state index contributed by atoms with van der Waals surface area (Å²) in [5, 5.41) is 4.88. The zero-order chi connectivity index (χ0) is 16.1. The van der Waals surface area contributed by atoms with Gasteiger partial charge in [0.25, 0.3) is 0 Å². The van der Waals surface area contributed by atoms with E-state index < -0.39 is 41.2 Å². The van der Waals surface area contributed by atoms with E-state index in [1.54, 1.807) is 13.8 Å². The third kappa shape index (κ3) is 3.60. The van der Waals surface area contributed by atoms with Crippen LogP contribution in [-0.2, 0) is 20.0 Å². The van der Waals surface area contributed by atoms with Gasteiger partial charge in [0, 0.05) is 5.54 Å². The number of benzene rings is 1. The van der Waals surface area contributed by atoms with Gasteiger partial charge in [0.2, 0.25) is 20.0 Å². The van der Waals surface area contributed by atoms with E-state index in [-0.39, 0.29) is 5.92 Å². The molecule has 0 radical (unpaired) electrons. The summed E-state index contributed by atoms with van der Waals surface area (Å²) in [6.07, 6.45) is 1.84. The van der Waals surface area contributed by atoms with Gasteiger partial charge in [-0.3, -0.25) is 0 Å². The number of nitrogens with one attached hydrogen (secondary N) is 1. The Balaban J connectivity index is 2.37. The minimum Gasteiger partial charge on any atom is -0.225 e. The maximum Gasteiger partial charge on any atom is 0.243 e. The summed E-state index contributed by atoms with van der Waals surface area (Å²) in [7, 11) is -8.16. The molecule has 6 nitrogen and oxygen atoms in total. The van der Waals surface area contributed by atoms with Gasteiger partial charge >= 0.3 is 0 Å². The van der Waals surface area contributed by atoms with E-state index in [4.69, 9.17) is 5.14 Å². The van der Waals surface area contributed by atoms with Crippen LogP contribution in [0, 0.1) is 11.7 Å². The molecule has 0 spiro atoms. The molecular formula is C12H17FN2O4S2. The molecular weight excluding hydrogens is 319 g/mol. The van der Waals surface area contributed by atoms with Crippen molar-refractivity contribution in [2.75, 3.05) is 0 Å². The van der Waals surface area contributed by atoms with Gasteiger partial charge in [-0.15, -0.1) is 0 Å². The van der Waals surface area contributed by atoms with Gasteiger partial charge in [-0.2, -0.15) is 0 Å². The Hall–Kier alpha value is -1.03. The monoisotopic (exact) mass is 336 g/mol. The summed E-state index contributed by atoms with van der Waals surface area (Å²) in [5.74, 6) is -0.931. The Bertz CT molecular complexity index is 768. The second kappa shape index (κ2) is 5.01. The van der Waals surface area contributed by atoms with Crippen molar-refractivity contribution < 1.29 is 21.2 Å². The number of primary sulfonamides is 1. The van der Waals surface area contributed by atoms with Crippen molar-refractivity contribution in [3.8, 4) is 0 Å². The molecule has 1 aliphatic carbocycles. The molecule has 1 fully saturated rings. The molecule has 0 unspecified atom stereocenters. The van der Waals surface area contributed by atoms with Crippen molar-refractivity contribution in [1.29, 1.82) is 0 Å². The first-order valence-electron chi connectivity index (χ1n) is 6.30. The van der Waals surface area contributed by atoms with Crippen LogP contribution in [0.5, 0.6) is 0 Å². The first kappa shape index (κ1) is 16.3. The lowest BCUT2D eigenvalue weighted by atomic mass is 10.0. The van der Waals surface area contributed by atoms with Crippen molar-refractivity contribution >= 4 is 20.0 Å². The molecule has 21 heavy (non-hydrogen) atoms. The molecule has 2 rings (SSSR count). The molecule has 118 valence electrons. The Morgan fingerprint density at radius 1 is 1.24 bits per heavy atom. The first-order chi connectivity index (χ1) is 9.43. The molecule has 9 heteroatoms. The van der Waals surface area contributed by atoms with Crippen LogP contribution in [0.4, 0.5) is 4.39 Å². The summed E-state index contributed by atoms with van der Waals surface area (Å²) in [6.45, 7) is 3.47. The number of hydrogen-bond donors (Lipinski definition) is 2. The maximum absolute atomic E-state index is 13.9. The lowest BCUT2D eigenvalue weighted by molar-refractivity contribution is 0.399. The minimum absolute atomic E-state index is 0.221. The minimum atomic E-state index is -4.08. The number of rotatable bonds is 5. The van der Waals surface area contributed by atoms with E-state index in [9.17, 15) is 21.2 Å². The average Bonchev–Trinajstić information content (AvgIpc) is 3.09. The Labute approximate surface area is 123 Å². The lowest BCUT2D eigenvalue weighted by Crippen LogP contribution is -2.45. The van der Waals surface area contributed by atoms with Gasteiger partial charge in [-0.1, -0.05) is 0 Å². The van der Waals surface area contributed by atoms with Crippen LogP contribution in [0.2, 0.25) is 0 Å². The van der Waals surface area contributed by atoms with Crippen LogP contribution in [0.15, 0.2) is 28.0 Å². The molecule has 1 saturated carbocycles. The highest BCUT2D eigenvalue weighted by Crippen LogP contribution is 2.40. The second-order valence-electron chi connectivity index (χ2n) is 5.74. The molecule has 1 aromatic carbocycles. The van der Waals surface area contributed by atoms with Crippen molar-refractivity contribution in [3.63, 3.8) is 0 Å². The van der Waals surface area contributed by atoms with Crippen LogP contribution < -0.4 is 9.86 Å². The molecule has 0 aromatic heterocycles. The normalized spacial score (nSPS) is 17.0. The molecule has 1 aliphatic rings. The summed E-state index contributed by atoms with van der Waals surface area (Å²) in [6, 6.07) is 2.48. The third-order valence-electron chi connectivity index (χ3n) is 3.52. The van der Waals surface area contributed by atoms with Gasteiger partial charge < -0.3 is 0 Å². The van der Waals surface area contributed by atoms with E-state index >= 15 is 0 Å². The highest BCUT2D eigenvalue weighted by atomic mass is 32.2. The fraction of sp³-hybridized carbons (Fsp3) is 0.500. The van der Waals surface area contributed by atoms with E-state index in [2.05, 4.69) is 4.72 Å². The lowest BCUT2D eigenvalue weighted by Gasteiger charge is -2.25. The fourth-order valence-electron chi connectivity index (χ4n) is 2.17. The predicted octanol–water partition coefficient (Wildman–Crippen LogP) is 0.940. The van der Waals surface area contributed by atoms with Crippen LogP contribution in [0.25, 0.3) is 0 Å². The van der Waals surface area contributed by atoms with Crippen LogP contribution in [0.1, 0.15) is 26.7 Å². The van der Waals surface area contributed by atoms with E-state index in [0.717, 1.165) is 25.0 Å². The Morgan fingerprint density at radius 2 is 1.81 bits per heavy atom. The molecule has 1 aromatic rings. The largest absolute Gasteiger partial charge is 0.243 e. The van der Waals surface area contributed by atoms with Crippen molar-refractivity contribution in [2.45, 2.75) is 42.0 Å². The van der Waals surface area contributed by atoms with Gasteiger partial charge in [-0.05, 0) is 50.8 Å². The van der Waals surface area contributed by atoms with Crippen LogP contribution in [-0.4, -0.2) is 22.4 Å². The molecule has 0 aliphatic heterocycles. The summed E-state index contributed by atoms with van der Waals surface area (Å²) < 4.78 is 63.1. The van der Waals surface area contributed by atoms with Crippen molar-refractivity contribution in [1.82, 2.24) is 4.72 Å². The Morgan fingerprint density at radius 3 is 2.24 bits per heavy atom. The molecule has 0 bridgehead atoms. The van der Waals surface area contributed by atoms with Gasteiger partial charge in [0.05, 0.1) is 4.90 Å². The Kier molecular flexibility index (Phi) is 3.90. The van der Waals surface area contributed by atoms with E-state index in [0.29, 0.717) is 6.07 Å². The second-order valence-corrected chi connectivity index (χ2v) is 8.95. The number of sulfonamides is 2. The van der Waals surface area contributed by atoms with Gasteiger partial charge in [0.1, 0.15) is 10.7 Å². The highest BCUT2D eigenvalue weighted by Gasteiger charge is 2.41. The maximum atomic E-state index is 13.9. The molecule has 0 atom stereocenters. The third-order valence-corrected chi connectivity index (χ3v) is 6.13. The van der Waals surface area contributed by atoms with E-state index in [1.807, 2.05) is 0 Å². The van der Waals surface area contributed by atoms with Crippen LogP contribution in [0.3, 0.4) is 0 Å². The van der Waals surface area contributed by atoms with Gasteiger partial charge in [-0.25, -0.2) is 31.1 Å². The number of halogens is 1. The molecule has 0 amide bonds. The molecule has 0 saturated heterocycles. The highest BCUT2D eigenvalue weighted by molar-refractivity contribution is 7.89. The summed E-state index contributed by atoms with van der Waals surface area (Å²) in [4.78, 5) is -1.07. The van der Waals surface area contributed by atoms with Gasteiger partial charge in [0.15, 0.2) is 0 Å². The van der Waals surface area contributed by atoms with Crippen molar-refractivity contribution in [2.24, 2.45) is 11.1 Å². The summed E-state index contributed by atoms with van der Waals surface area (Å²) in [5.41, 5.74) is -0.677. The molecule has 0 heterocycles. The fourth-order valence-corrected chi connectivity index (χ4v) is 4.22. The summed E-state index contributed by atoms with van der Waals surface area (Å²) >= 11 is 0. The first-order valence-corrected chi connectivity index (χ1v) is 9.33.